The monoisotopic (exact) mass is 195 g/mol. The summed E-state index contributed by atoms with van der Waals surface area (Å²) in [4.78, 5) is 0. The largest absolute Gasteiger partial charge is 0.507 e. The topological polar surface area (TPSA) is 41.5 Å². The number of aromatic hydroxyl groups is 1. The number of aryl methyl sites for hydroxylation is 1. The van der Waals surface area contributed by atoms with Crippen LogP contribution in [0, 0.1) is 6.92 Å². The molecule has 14 heavy (non-hydrogen) atoms. The number of phenols is 1. The summed E-state index contributed by atoms with van der Waals surface area (Å²) in [6.07, 6.45) is 0.806. The maximum atomic E-state index is 9.76. The summed E-state index contributed by atoms with van der Waals surface area (Å²) < 4.78 is 5.14. The number of benzene rings is 1. The molecule has 0 heterocycles. The molecular weight excluding hydrogens is 178 g/mol. The lowest BCUT2D eigenvalue weighted by atomic mass is 10.1. The van der Waals surface area contributed by atoms with E-state index in [0.29, 0.717) is 5.75 Å². The van der Waals surface area contributed by atoms with Gasteiger partial charge in [0.1, 0.15) is 11.5 Å². The van der Waals surface area contributed by atoms with Crippen LogP contribution in [0.1, 0.15) is 11.1 Å². The molecule has 0 saturated carbocycles. The van der Waals surface area contributed by atoms with Crippen molar-refractivity contribution in [1.82, 2.24) is 5.32 Å². The maximum absolute atomic E-state index is 9.76. The van der Waals surface area contributed by atoms with Gasteiger partial charge in [-0.05, 0) is 50.2 Å². The van der Waals surface area contributed by atoms with Gasteiger partial charge in [-0.15, -0.1) is 0 Å². The number of hydrogen-bond donors (Lipinski definition) is 2. The van der Waals surface area contributed by atoms with Crippen LogP contribution in [0.25, 0.3) is 0 Å². The number of methoxy groups -OCH3 is 1. The Bertz CT molecular complexity index is 310. The second-order valence-electron chi connectivity index (χ2n) is 3.31. The van der Waals surface area contributed by atoms with Crippen LogP contribution in [0.2, 0.25) is 0 Å². The first kappa shape index (κ1) is 10.9. The summed E-state index contributed by atoms with van der Waals surface area (Å²) in [5.74, 6) is 1.17. The third-order valence-electron chi connectivity index (χ3n) is 2.23. The Morgan fingerprint density at radius 3 is 2.71 bits per heavy atom. The van der Waals surface area contributed by atoms with Gasteiger partial charge >= 0.3 is 0 Å². The fraction of sp³-hybridized carbons (Fsp3) is 0.455. The molecule has 0 aliphatic carbocycles. The second kappa shape index (κ2) is 4.86. The minimum atomic E-state index is 0.376. The maximum Gasteiger partial charge on any atom is 0.121 e. The minimum Gasteiger partial charge on any atom is -0.507 e. The first-order valence-electron chi connectivity index (χ1n) is 4.70. The van der Waals surface area contributed by atoms with Gasteiger partial charge in [0, 0.05) is 0 Å². The van der Waals surface area contributed by atoms with Gasteiger partial charge in [0.2, 0.25) is 0 Å². The molecule has 1 aromatic rings. The Labute approximate surface area is 84.7 Å². The molecule has 0 aliphatic heterocycles. The fourth-order valence-electron chi connectivity index (χ4n) is 1.38. The van der Waals surface area contributed by atoms with E-state index in [4.69, 9.17) is 4.74 Å². The van der Waals surface area contributed by atoms with Gasteiger partial charge in [0.15, 0.2) is 0 Å². The summed E-state index contributed by atoms with van der Waals surface area (Å²) >= 11 is 0. The number of rotatable bonds is 4. The molecular formula is C11H17NO2. The highest BCUT2D eigenvalue weighted by Gasteiger charge is 2.06. The predicted octanol–water partition coefficient (Wildman–Crippen LogP) is 1.47. The summed E-state index contributed by atoms with van der Waals surface area (Å²) in [6, 6.07) is 3.71. The van der Waals surface area contributed by atoms with Gasteiger partial charge < -0.3 is 15.2 Å². The van der Waals surface area contributed by atoms with Crippen LogP contribution in [-0.4, -0.2) is 25.8 Å². The van der Waals surface area contributed by atoms with E-state index in [2.05, 4.69) is 5.32 Å². The van der Waals surface area contributed by atoms with Crippen molar-refractivity contribution in [1.29, 1.82) is 0 Å². The van der Waals surface area contributed by atoms with E-state index in [-0.39, 0.29) is 0 Å². The third kappa shape index (κ3) is 2.39. The number of ether oxygens (including phenoxy) is 1. The molecule has 0 spiro atoms. The molecule has 0 aliphatic rings. The van der Waals surface area contributed by atoms with Crippen LogP contribution in [0.3, 0.4) is 0 Å². The minimum absolute atomic E-state index is 0.376. The lowest BCUT2D eigenvalue weighted by Gasteiger charge is -2.09. The molecule has 78 valence electrons. The van der Waals surface area contributed by atoms with Crippen molar-refractivity contribution in [3.05, 3.63) is 23.3 Å². The molecule has 1 aromatic carbocycles. The Morgan fingerprint density at radius 1 is 1.43 bits per heavy atom. The van der Waals surface area contributed by atoms with E-state index in [0.717, 1.165) is 29.8 Å². The van der Waals surface area contributed by atoms with Crippen LogP contribution in [0.4, 0.5) is 0 Å². The van der Waals surface area contributed by atoms with Crippen LogP contribution in [-0.2, 0) is 6.42 Å². The zero-order valence-electron chi connectivity index (χ0n) is 8.92. The van der Waals surface area contributed by atoms with Crippen LogP contribution in [0.5, 0.6) is 11.5 Å². The van der Waals surface area contributed by atoms with E-state index in [1.807, 2.05) is 26.1 Å². The first-order valence-corrected chi connectivity index (χ1v) is 4.70. The van der Waals surface area contributed by atoms with Gasteiger partial charge in [0.25, 0.3) is 0 Å². The average Bonchev–Trinajstić information content (AvgIpc) is 2.20. The van der Waals surface area contributed by atoms with E-state index < -0.39 is 0 Å². The summed E-state index contributed by atoms with van der Waals surface area (Å²) in [6.45, 7) is 2.72. The highest BCUT2D eigenvalue weighted by molar-refractivity contribution is 5.45. The summed E-state index contributed by atoms with van der Waals surface area (Å²) in [7, 11) is 3.53. The molecule has 0 aromatic heterocycles. The Hall–Kier alpha value is -1.22. The second-order valence-corrected chi connectivity index (χ2v) is 3.31. The fourth-order valence-corrected chi connectivity index (χ4v) is 1.38. The van der Waals surface area contributed by atoms with Gasteiger partial charge in [-0.3, -0.25) is 0 Å². The lowest BCUT2D eigenvalue weighted by molar-refractivity contribution is 0.409. The standard InChI is InChI=1S/C11H17NO2/c1-8-6-10(14-3)7-9(11(8)13)4-5-12-2/h6-7,12-13H,4-5H2,1-3H3. The SMILES string of the molecule is CNCCc1cc(OC)cc(C)c1O. The molecule has 0 saturated heterocycles. The normalized spacial score (nSPS) is 10.2. The molecule has 0 unspecified atom stereocenters. The van der Waals surface area contributed by atoms with Gasteiger partial charge in [-0.1, -0.05) is 0 Å². The van der Waals surface area contributed by atoms with Gasteiger partial charge in [0.05, 0.1) is 7.11 Å². The molecule has 1 rings (SSSR count). The van der Waals surface area contributed by atoms with Crippen molar-refractivity contribution >= 4 is 0 Å². The number of nitrogens with one attached hydrogen (secondary N) is 1. The van der Waals surface area contributed by atoms with Gasteiger partial charge in [-0.2, -0.15) is 0 Å². The molecule has 0 fully saturated rings. The molecule has 0 radical (unpaired) electrons. The summed E-state index contributed by atoms with van der Waals surface area (Å²) in [5, 5.41) is 12.8. The third-order valence-corrected chi connectivity index (χ3v) is 2.23. The molecule has 0 atom stereocenters. The molecule has 3 nitrogen and oxygen atoms in total. The first-order chi connectivity index (χ1) is 6.69. The van der Waals surface area contributed by atoms with Crippen molar-refractivity contribution in [3.63, 3.8) is 0 Å². The smallest absolute Gasteiger partial charge is 0.121 e. The molecule has 0 bridgehead atoms. The van der Waals surface area contributed by atoms with Gasteiger partial charge in [-0.25, -0.2) is 0 Å². The van der Waals surface area contributed by atoms with Crippen molar-refractivity contribution in [2.75, 3.05) is 20.7 Å². The van der Waals surface area contributed by atoms with Crippen LogP contribution >= 0.6 is 0 Å². The number of hydrogen-bond acceptors (Lipinski definition) is 3. The predicted molar refractivity (Wildman–Crippen MR) is 57.0 cm³/mol. The average molecular weight is 195 g/mol. The molecule has 0 amide bonds. The highest BCUT2D eigenvalue weighted by Crippen LogP contribution is 2.27. The molecule has 3 heteroatoms. The Balaban J connectivity index is 2.95. The van der Waals surface area contributed by atoms with Crippen LogP contribution < -0.4 is 10.1 Å². The van der Waals surface area contributed by atoms with Crippen molar-refractivity contribution < 1.29 is 9.84 Å². The van der Waals surface area contributed by atoms with Crippen molar-refractivity contribution in [3.8, 4) is 11.5 Å². The Kier molecular flexibility index (Phi) is 3.77. The van der Waals surface area contributed by atoms with E-state index in [1.165, 1.54) is 0 Å². The zero-order valence-corrected chi connectivity index (χ0v) is 8.92. The van der Waals surface area contributed by atoms with E-state index in [1.54, 1.807) is 7.11 Å². The lowest BCUT2D eigenvalue weighted by Crippen LogP contribution is -2.10. The highest BCUT2D eigenvalue weighted by atomic mass is 16.5. The zero-order chi connectivity index (χ0) is 10.6. The van der Waals surface area contributed by atoms with E-state index in [9.17, 15) is 5.11 Å². The Morgan fingerprint density at radius 2 is 2.14 bits per heavy atom. The number of phenolic OH excluding ortho intramolecular Hbond substituents is 1. The number of likely N-dealkylation sites (N-methyl/N-ethyl adjacent to an activating group) is 1. The van der Waals surface area contributed by atoms with E-state index >= 15 is 0 Å². The molecule has 2 N–H and O–H groups in total. The summed E-state index contributed by atoms with van der Waals surface area (Å²) in [5.41, 5.74) is 1.78. The van der Waals surface area contributed by atoms with Crippen molar-refractivity contribution in [2.24, 2.45) is 0 Å². The van der Waals surface area contributed by atoms with Crippen molar-refractivity contribution in [2.45, 2.75) is 13.3 Å². The quantitative estimate of drug-likeness (QED) is 0.764. The van der Waals surface area contributed by atoms with Crippen LogP contribution in [0.15, 0.2) is 12.1 Å².